The minimum atomic E-state index is -0.480. The van der Waals surface area contributed by atoms with E-state index in [0.29, 0.717) is 15.7 Å². The lowest BCUT2D eigenvalue weighted by atomic mass is 10.1. The van der Waals surface area contributed by atoms with Crippen LogP contribution in [0.2, 0.25) is 0 Å². The van der Waals surface area contributed by atoms with E-state index in [2.05, 4.69) is 15.5 Å². The molecule has 0 bridgehead atoms. The molecule has 10 heteroatoms. The zero-order valence-electron chi connectivity index (χ0n) is 14.6. The van der Waals surface area contributed by atoms with Gasteiger partial charge in [-0.05, 0) is 37.0 Å². The Labute approximate surface area is 171 Å². The van der Waals surface area contributed by atoms with Crippen LogP contribution < -0.4 is 11.1 Å². The number of para-hydroxylation sites is 1. The summed E-state index contributed by atoms with van der Waals surface area (Å²) in [4.78, 5) is 26.3. The van der Waals surface area contributed by atoms with Crippen LogP contribution in [0.25, 0.3) is 15.2 Å². The van der Waals surface area contributed by atoms with Gasteiger partial charge in [0.15, 0.2) is 5.16 Å². The predicted molar refractivity (Wildman–Crippen MR) is 113 cm³/mol. The van der Waals surface area contributed by atoms with Gasteiger partial charge in [-0.2, -0.15) is 0 Å². The van der Waals surface area contributed by atoms with Crippen molar-refractivity contribution in [1.29, 1.82) is 0 Å². The van der Waals surface area contributed by atoms with Crippen LogP contribution in [0.5, 0.6) is 0 Å². The monoisotopic (exact) mass is 429 g/mol. The molecule has 1 aromatic carbocycles. The first kappa shape index (κ1) is 17.7. The Kier molecular flexibility index (Phi) is 4.33. The van der Waals surface area contributed by atoms with Crippen molar-refractivity contribution in [2.45, 2.75) is 24.4 Å². The van der Waals surface area contributed by atoms with Crippen LogP contribution in [0.1, 0.15) is 27.2 Å². The molecule has 0 radical (unpaired) electrons. The number of rotatable bonds is 5. The van der Waals surface area contributed by atoms with Crippen LogP contribution in [0.3, 0.4) is 0 Å². The lowest BCUT2D eigenvalue weighted by molar-refractivity contribution is -0.113. The molecule has 0 fully saturated rings. The average molecular weight is 430 g/mol. The van der Waals surface area contributed by atoms with E-state index in [1.165, 1.54) is 23.1 Å². The molecule has 0 unspecified atom stereocenters. The van der Waals surface area contributed by atoms with E-state index in [-0.39, 0.29) is 11.7 Å². The minimum Gasteiger partial charge on any atom is -0.365 e. The molecule has 0 spiro atoms. The van der Waals surface area contributed by atoms with Gasteiger partial charge in [0.05, 0.1) is 21.5 Å². The Morgan fingerprint density at radius 2 is 2.07 bits per heavy atom. The van der Waals surface area contributed by atoms with Crippen molar-refractivity contribution in [3.8, 4) is 0 Å². The van der Waals surface area contributed by atoms with Crippen LogP contribution in [0, 0.1) is 0 Å². The number of nitrogens with zero attached hydrogens (tertiary/aromatic N) is 3. The molecule has 3 N–H and O–H groups in total. The van der Waals surface area contributed by atoms with Crippen molar-refractivity contribution in [3.05, 3.63) is 40.3 Å². The van der Waals surface area contributed by atoms with Gasteiger partial charge in [0.25, 0.3) is 5.91 Å². The number of hydrogen-bond donors (Lipinski definition) is 2. The summed E-state index contributed by atoms with van der Waals surface area (Å²) >= 11 is 4.35. The maximum Gasteiger partial charge on any atom is 0.251 e. The third-order valence-electron chi connectivity index (χ3n) is 4.66. The lowest BCUT2D eigenvalue weighted by Crippen LogP contribution is -2.19. The second-order valence-corrected chi connectivity index (χ2v) is 9.49. The van der Waals surface area contributed by atoms with E-state index < -0.39 is 5.91 Å². The van der Waals surface area contributed by atoms with Crippen molar-refractivity contribution >= 4 is 66.4 Å². The number of carbonyl (C=O) groups is 2. The smallest absolute Gasteiger partial charge is 0.251 e. The summed E-state index contributed by atoms with van der Waals surface area (Å²) in [6.45, 7) is 0. The van der Waals surface area contributed by atoms with Gasteiger partial charge in [-0.25, -0.2) is 0 Å². The molecule has 3 aromatic heterocycles. The Morgan fingerprint density at radius 1 is 1.21 bits per heavy atom. The Balaban J connectivity index is 1.35. The molecule has 5 rings (SSSR count). The number of aromatic nitrogens is 3. The molecular formula is C18H15N5O2S3. The van der Waals surface area contributed by atoms with Gasteiger partial charge in [-0.15, -0.1) is 21.5 Å². The van der Waals surface area contributed by atoms with Gasteiger partial charge >= 0.3 is 0 Å². The third-order valence-corrected chi connectivity index (χ3v) is 7.81. The molecule has 1 aliphatic rings. The number of nitrogens with two attached hydrogens (primary N) is 1. The van der Waals surface area contributed by atoms with Crippen LogP contribution in [0.15, 0.2) is 29.4 Å². The number of nitrogens with one attached hydrogen (secondary N) is 1. The fraction of sp³-hybridized carbons (Fsp3) is 0.222. The van der Waals surface area contributed by atoms with Crippen molar-refractivity contribution in [2.75, 3.05) is 11.1 Å². The number of thiazole rings is 1. The summed E-state index contributed by atoms with van der Waals surface area (Å²) in [5.74, 6) is -0.499. The van der Waals surface area contributed by atoms with Crippen LogP contribution in [-0.2, 0) is 17.6 Å². The van der Waals surface area contributed by atoms with Crippen molar-refractivity contribution in [2.24, 2.45) is 5.73 Å². The van der Waals surface area contributed by atoms with Crippen molar-refractivity contribution in [3.63, 3.8) is 0 Å². The molecule has 7 nitrogen and oxygen atoms in total. The van der Waals surface area contributed by atoms with Gasteiger partial charge in [0.1, 0.15) is 5.00 Å². The number of thioether (sulfide) groups is 1. The first-order valence-electron chi connectivity index (χ1n) is 8.71. The molecule has 0 aliphatic heterocycles. The third kappa shape index (κ3) is 2.88. The first-order valence-corrected chi connectivity index (χ1v) is 11.3. The van der Waals surface area contributed by atoms with Gasteiger partial charge in [-0.1, -0.05) is 35.2 Å². The molecule has 4 aromatic rings. The standard InChI is InChI=1S/C18H15N5O2S3/c19-15(25)14-9-4-3-7-11(9)27-16(14)20-13(24)8-26-17-21-22-18-23(17)10-5-1-2-6-12(10)28-18/h1-2,5-6H,3-4,7-8H2,(H2,19,25)(H,20,24). The van der Waals surface area contributed by atoms with Gasteiger partial charge in [-0.3, -0.25) is 14.0 Å². The summed E-state index contributed by atoms with van der Waals surface area (Å²) < 4.78 is 3.09. The normalized spacial score (nSPS) is 13.3. The van der Waals surface area contributed by atoms with E-state index in [4.69, 9.17) is 5.73 Å². The topological polar surface area (TPSA) is 102 Å². The molecular weight excluding hydrogens is 414 g/mol. The van der Waals surface area contributed by atoms with Gasteiger partial charge in [0, 0.05) is 4.88 Å². The molecule has 0 saturated heterocycles. The highest BCUT2D eigenvalue weighted by atomic mass is 32.2. The highest BCUT2D eigenvalue weighted by Gasteiger charge is 2.26. The fourth-order valence-electron chi connectivity index (χ4n) is 3.49. The number of aryl methyl sites for hydroxylation is 1. The maximum absolute atomic E-state index is 12.5. The molecule has 1 aliphatic carbocycles. The van der Waals surface area contributed by atoms with Gasteiger partial charge < -0.3 is 11.1 Å². The largest absolute Gasteiger partial charge is 0.365 e. The zero-order chi connectivity index (χ0) is 19.3. The number of fused-ring (bicyclic) bond motifs is 4. The van der Waals surface area contributed by atoms with E-state index in [0.717, 1.165) is 44.9 Å². The minimum absolute atomic E-state index is 0.172. The molecule has 2 amide bonds. The SMILES string of the molecule is NC(=O)c1c(NC(=O)CSc2nnc3sc4ccccc4n23)sc2c1CCC2. The number of amides is 2. The Hall–Kier alpha value is -2.43. The molecule has 0 atom stereocenters. The number of anilines is 1. The average Bonchev–Trinajstić information content (AvgIpc) is 3.39. The number of carbonyl (C=O) groups excluding carboxylic acids is 2. The van der Waals surface area contributed by atoms with E-state index in [1.54, 1.807) is 11.3 Å². The Morgan fingerprint density at radius 3 is 2.93 bits per heavy atom. The molecule has 0 saturated carbocycles. The fourth-order valence-corrected chi connectivity index (χ4v) is 6.57. The number of benzene rings is 1. The van der Waals surface area contributed by atoms with Crippen LogP contribution in [0.4, 0.5) is 5.00 Å². The summed E-state index contributed by atoms with van der Waals surface area (Å²) in [5, 5.41) is 12.5. The summed E-state index contributed by atoms with van der Waals surface area (Å²) in [5.41, 5.74) is 8.06. The molecule has 142 valence electrons. The predicted octanol–water partition coefficient (Wildman–Crippen LogP) is 3.32. The van der Waals surface area contributed by atoms with Crippen molar-refractivity contribution < 1.29 is 9.59 Å². The molecule has 28 heavy (non-hydrogen) atoms. The highest BCUT2D eigenvalue weighted by Crippen LogP contribution is 2.39. The number of thiophene rings is 1. The second-order valence-electron chi connectivity index (χ2n) is 6.43. The zero-order valence-corrected chi connectivity index (χ0v) is 17.0. The number of primary amides is 1. The number of hydrogen-bond acceptors (Lipinski definition) is 7. The second kappa shape index (κ2) is 6.87. The van der Waals surface area contributed by atoms with Crippen molar-refractivity contribution in [1.82, 2.24) is 14.6 Å². The van der Waals surface area contributed by atoms with Crippen LogP contribution in [-0.4, -0.2) is 32.2 Å². The Bertz CT molecular complexity index is 1240. The molecule has 3 heterocycles. The maximum atomic E-state index is 12.5. The van der Waals surface area contributed by atoms with Gasteiger partial charge in [0.2, 0.25) is 10.9 Å². The summed E-state index contributed by atoms with van der Waals surface area (Å²) in [6, 6.07) is 8.01. The first-order chi connectivity index (χ1) is 13.6. The van der Waals surface area contributed by atoms with Crippen LogP contribution >= 0.6 is 34.4 Å². The summed E-state index contributed by atoms with van der Waals surface area (Å²) in [7, 11) is 0. The summed E-state index contributed by atoms with van der Waals surface area (Å²) in [6.07, 6.45) is 2.81. The van der Waals surface area contributed by atoms with E-state index in [9.17, 15) is 9.59 Å². The lowest BCUT2D eigenvalue weighted by Gasteiger charge is -2.05. The highest BCUT2D eigenvalue weighted by molar-refractivity contribution is 7.99. The van der Waals surface area contributed by atoms with E-state index >= 15 is 0 Å². The van der Waals surface area contributed by atoms with E-state index in [1.807, 2.05) is 28.7 Å². The quantitative estimate of drug-likeness (QED) is 0.474.